The fraction of sp³-hybridized carbons (Fsp3) is 0.160. The summed E-state index contributed by atoms with van der Waals surface area (Å²) in [6.07, 6.45) is 7.61. The number of pyridine rings is 1. The topological polar surface area (TPSA) is 17.8 Å². The highest BCUT2D eigenvalue weighted by atomic mass is 19.1. The Bertz CT molecular complexity index is 1250. The smallest absolute Gasteiger partial charge is 0.137 e. The Labute approximate surface area is 163 Å². The Balaban J connectivity index is 1.67. The highest BCUT2D eigenvalue weighted by molar-refractivity contribution is 5.98. The van der Waals surface area contributed by atoms with E-state index in [1.165, 1.54) is 29.2 Å². The van der Waals surface area contributed by atoms with E-state index in [1.807, 2.05) is 30.3 Å². The van der Waals surface area contributed by atoms with Crippen molar-refractivity contribution in [2.75, 3.05) is 0 Å². The molecule has 0 saturated heterocycles. The maximum atomic E-state index is 14.7. The minimum absolute atomic E-state index is 0.0496. The average Bonchev–Trinajstić information content (AvgIpc) is 3.25. The minimum atomic E-state index is -0.188. The highest BCUT2D eigenvalue weighted by Gasteiger charge is 2.47. The average molecular weight is 366 g/mol. The fourth-order valence-corrected chi connectivity index (χ4v) is 5.01. The lowest BCUT2D eigenvalue weighted by atomic mass is 9.61. The molecule has 1 fully saturated rings. The Morgan fingerprint density at radius 1 is 0.929 bits per heavy atom. The molecule has 2 heterocycles. The summed E-state index contributed by atoms with van der Waals surface area (Å²) in [7, 11) is 0. The van der Waals surface area contributed by atoms with Gasteiger partial charge in [0.25, 0.3) is 0 Å². The molecule has 136 valence electrons. The summed E-state index contributed by atoms with van der Waals surface area (Å²) in [4.78, 5) is 4.59. The number of rotatable bonds is 2. The Kier molecular flexibility index (Phi) is 3.19. The van der Waals surface area contributed by atoms with Crippen LogP contribution in [0, 0.1) is 5.82 Å². The molecule has 0 bridgehead atoms. The number of hydrogen-bond donors (Lipinski definition) is 0. The Morgan fingerprint density at radius 2 is 1.79 bits per heavy atom. The van der Waals surface area contributed by atoms with Crippen LogP contribution in [0.1, 0.15) is 36.1 Å². The van der Waals surface area contributed by atoms with Crippen LogP contribution in [0.15, 0.2) is 72.9 Å². The van der Waals surface area contributed by atoms with Crippen molar-refractivity contribution >= 4 is 22.6 Å². The van der Waals surface area contributed by atoms with Gasteiger partial charge >= 0.3 is 0 Å². The predicted octanol–water partition coefficient (Wildman–Crippen LogP) is 6.14. The summed E-state index contributed by atoms with van der Waals surface area (Å²) in [5.74, 6) is 0.636. The van der Waals surface area contributed by atoms with Crippen LogP contribution in [0.4, 0.5) is 4.39 Å². The van der Waals surface area contributed by atoms with Gasteiger partial charge in [-0.3, -0.25) is 4.57 Å². The van der Waals surface area contributed by atoms with Gasteiger partial charge in [-0.1, -0.05) is 42.8 Å². The maximum Gasteiger partial charge on any atom is 0.137 e. The van der Waals surface area contributed by atoms with E-state index in [2.05, 4.69) is 39.9 Å². The molecule has 4 aromatic rings. The molecule has 0 radical (unpaired) electrons. The van der Waals surface area contributed by atoms with E-state index in [0.29, 0.717) is 5.39 Å². The van der Waals surface area contributed by atoms with Crippen LogP contribution >= 0.6 is 0 Å². The first kappa shape index (κ1) is 15.8. The van der Waals surface area contributed by atoms with Crippen molar-refractivity contribution in [3.63, 3.8) is 0 Å². The highest BCUT2D eigenvalue weighted by Crippen LogP contribution is 2.58. The van der Waals surface area contributed by atoms with Crippen molar-refractivity contribution in [1.82, 2.24) is 9.55 Å². The molecule has 1 spiro atoms. The van der Waals surface area contributed by atoms with Crippen LogP contribution in [-0.2, 0) is 5.41 Å². The molecule has 0 atom stereocenters. The van der Waals surface area contributed by atoms with Crippen LogP contribution in [0.3, 0.4) is 0 Å². The third-order valence-electron chi connectivity index (χ3n) is 6.45. The van der Waals surface area contributed by atoms with Gasteiger partial charge in [-0.15, -0.1) is 0 Å². The number of halogens is 1. The zero-order valence-electron chi connectivity index (χ0n) is 15.4. The number of aromatic nitrogens is 2. The minimum Gasteiger partial charge on any atom is -0.294 e. The molecule has 2 nitrogen and oxygen atoms in total. The van der Waals surface area contributed by atoms with E-state index in [0.717, 1.165) is 29.9 Å². The number of fused-ring (bicyclic) bond motifs is 3. The van der Waals surface area contributed by atoms with Gasteiger partial charge in [0.1, 0.15) is 11.6 Å². The number of nitrogens with zero attached hydrogens (tertiary/aromatic N) is 2. The van der Waals surface area contributed by atoms with E-state index in [4.69, 9.17) is 0 Å². The van der Waals surface area contributed by atoms with Crippen molar-refractivity contribution in [2.24, 2.45) is 0 Å². The van der Waals surface area contributed by atoms with Crippen LogP contribution in [0.2, 0.25) is 0 Å². The molecule has 2 aromatic carbocycles. The van der Waals surface area contributed by atoms with E-state index >= 15 is 0 Å². The summed E-state index contributed by atoms with van der Waals surface area (Å²) in [6, 6.07) is 21.9. The fourth-order valence-electron chi connectivity index (χ4n) is 5.01. The second-order valence-electron chi connectivity index (χ2n) is 7.81. The van der Waals surface area contributed by atoms with Crippen LogP contribution in [0.25, 0.3) is 28.4 Å². The molecule has 2 aromatic heterocycles. The lowest BCUT2D eigenvalue weighted by Crippen LogP contribution is -2.34. The molecule has 0 N–H and O–H groups in total. The van der Waals surface area contributed by atoms with Crippen molar-refractivity contribution < 1.29 is 4.39 Å². The van der Waals surface area contributed by atoms with E-state index in [-0.39, 0.29) is 11.2 Å². The predicted molar refractivity (Wildman–Crippen MR) is 111 cm³/mol. The molecule has 3 heteroatoms. The quantitative estimate of drug-likeness (QED) is 0.417. The number of hydrogen-bond acceptors (Lipinski definition) is 1. The number of benzene rings is 2. The van der Waals surface area contributed by atoms with E-state index in [1.54, 1.807) is 12.3 Å². The van der Waals surface area contributed by atoms with E-state index in [9.17, 15) is 4.39 Å². The van der Waals surface area contributed by atoms with Gasteiger partial charge in [-0.05, 0) is 65.9 Å². The maximum absolute atomic E-state index is 14.7. The SMILES string of the molecule is Fc1cccc2c1cc(C1=Cc3ccccc3C13CCC3)n2-c1ccccn1. The molecule has 0 unspecified atom stereocenters. The summed E-state index contributed by atoms with van der Waals surface area (Å²) in [6.45, 7) is 0. The molecule has 2 aliphatic rings. The first-order valence-corrected chi connectivity index (χ1v) is 9.81. The number of allylic oxidation sites excluding steroid dienone is 1. The third-order valence-corrected chi connectivity index (χ3v) is 6.45. The lowest BCUT2D eigenvalue weighted by molar-refractivity contribution is 0.331. The van der Waals surface area contributed by atoms with Gasteiger partial charge in [0.15, 0.2) is 0 Å². The zero-order chi connectivity index (χ0) is 18.7. The molecule has 1 saturated carbocycles. The van der Waals surface area contributed by atoms with Gasteiger partial charge in [0.2, 0.25) is 0 Å². The van der Waals surface area contributed by atoms with Gasteiger partial charge in [-0.2, -0.15) is 0 Å². The van der Waals surface area contributed by atoms with Crippen LogP contribution in [-0.4, -0.2) is 9.55 Å². The van der Waals surface area contributed by atoms with Crippen molar-refractivity contribution in [3.05, 3.63) is 95.6 Å². The molecular weight excluding hydrogens is 347 g/mol. The first-order valence-electron chi connectivity index (χ1n) is 9.81. The molecule has 28 heavy (non-hydrogen) atoms. The molecule has 0 amide bonds. The van der Waals surface area contributed by atoms with Crippen molar-refractivity contribution in [3.8, 4) is 5.82 Å². The monoisotopic (exact) mass is 366 g/mol. The summed E-state index contributed by atoms with van der Waals surface area (Å²) >= 11 is 0. The van der Waals surface area contributed by atoms with Crippen molar-refractivity contribution in [1.29, 1.82) is 0 Å². The summed E-state index contributed by atoms with van der Waals surface area (Å²) in [5, 5.41) is 0.648. The molecular formula is C25H19FN2. The summed E-state index contributed by atoms with van der Waals surface area (Å²) in [5.41, 5.74) is 5.95. The Morgan fingerprint density at radius 3 is 2.57 bits per heavy atom. The van der Waals surface area contributed by atoms with Crippen molar-refractivity contribution in [2.45, 2.75) is 24.7 Å². The van der Waals surface area contributed by atoms with Gasteiger partial charge in [0, 0.05) is 17.0 Å². The van der Waals surface area contributed by atoms with E-state index < -0.39 is 0 Å². The van der Waals surface area contributed by atoms with Crippen LogP contribution < -0.4 is 0 Å². The molecule has 2 aliphatic carbocycles. The normalized spacial score (nSPS) is 16.8. The van der Waals surface area contributed by atoms with Gasteiger partial charge in [0.05, 0.1) is 11.2 Å². The van der Waals surface area contributed by atoms with Gasteiger partial charge in [-0.25, -0.2) is 9.37 Å². The standard InChI is InChI=1S/C25H19FN2/c26-21-9-5-10-22-18(21)16-23(28(22)24-11-3-4-14-27-24)20-15-17-7-1-2-8-19(17)25(20)12-6-13-25/h1-5,7-11,14-16H,6,12-13H2. The zero-order valence-corrected chi connectivity index (χ0v) is 15.4. The second-order valence-corrected chi connectivity index (χ2v) is 7.81. The molecule has 0 aliphatic heterocycles. The second kappa shape index (κ2) is 5.65. The largest absolute Gasteiger partial charge is 0.294 e. The lowest BCUT2D eigenvalue weighted by Gasteiger charge is -2.42. The van der Waals surface area contributed by atoms with Crippen LogP contribution in [0.5, 0.6) is 0 Å². The Hall–Kier alpha value is -3.20. The third kappa shape index (κ3) is 1.99. The summed E-state index contributed by atoms with van der Waals surface area (Å²) < 4.78 is 16.8. The first-order chi connectivity index (χ1) is 13.8. The molecule has 6 rings (SSSR count). The van der Waals surface area contributed by atoms with Gasteiger partial charge < -0.3 is 0 Å².